The Morgan fingerprint density at radius 3 is 2.57 bits per heavy atom. The van der Waals surface area contributed by atoms with Crippen LogP contribution in [0.1, 0.15) is 17.0 Å². The molecule has 3 heterocycles. The van der Waals surface area contributed by atoms with Crippen molar-refractivity contribution in [1.29, 1.82) is 0 Å². The summed E-state index contributed by atoms with van der Waals surface area (Å²) < 4.78 is 29.7. The van der Waals surface area contributed by atoms with E-state index in [0.717, 1.165) is 16.8 Å². The third kappa shape index (κ3) is 4.96. The molecule has 0 spiro atoms. The molecule has 0 aliphatic rings. The minimum atomic E-state index is -3.64. The molecule has 2 aromatic carbocycles. The first-order valence-corrected chi connectivity index (χ1v) is 12.7. The van der Waals surface area contributed by atoms with Crippen molar-refractivity contribution >= 4 is 31.7 Å². The minimum Gasteiger partial charge on any atom is -0.289 e. The predicted molar refractivity (Wildman–Crippen MR) is 136 cm³/mol. The van der Waals surface area contributed by atoms with Crippen LogP contribution in [0, 0.1) is 6.92 Å². The monoisotopic (exact) mass is 485 g/mol. The fraction of sp³-hybridized carbons (Fsp3) is 0.154. The first-order valence-electron chi connectivity index (χ1n) is 11.0. The summed E-state index contributed by atoms with van der Waals surface area (Å²) in [6, 6.07) is 16.0. The summed E-state index contributed by atoms with van der Waals surface area (Å²) in [6.07, 6.45) is 5.30. The summed E-state index contributed by atoms with van der Waals surface area (Å²) in [5.74, 6) is -0.246. The number of aryl methyl sites for hydroxylation is 2. The van der Waals surface area contributed by atoms with Gasteiger partial charge in [-0.3, -0.25) is 19.4 Å². The molecular weight excluding hydrogens is 462 g/mol. The molecule has 0 saturated carbocycles. The van der Waals surface area contributed by atoms with Crippen LogP contribution in [0.3, 0.4) is 0 Å². The molecule has 5 aromatic rings. The van der Waals surface area contributed by atoms with Crippen molar-refractivity contribution in [2.24, 2.45) is 7.05 Å². The minimum absolute atomic E-state index is 0.104. The number of nitrogens with zero attached hydrogens (tertiary/aromatic N) is 4. The van der Waals surface area contributed by atoms with E-state index in [2.05, 4.69) is 19.8 Å². The second-order valence-corrected chi connectivity index (χ2v) is 10.3. The molecule has 8 nitrogen and oxygen atoms in total. The van der Waals surface area contributed by atoms with Crippen molar-refractivity contribution < 1.29 is 8.42 Å². The van der Waals surface area contributed by atoms with E-state index in [-0.39, 0.29) is 17.7 Å². The first-order chi connectivity index (χ1) is 16.8. The Balaban J connectivity index is 1.50. The lowest BCUT2D eigenvalue weighted by Gasteiger charge is -2.07. The predicted octanol–water partition coefficient (Wildman–Crippen LogP) is 3.47. The molecule has 0 radical (unpaired) electrons. The molecule has 0 aliphatic heterocycles. The number of rotatable bonds is 6. The van der Waals surface area contributed by atoms with Gasteiger partial charge in [-0.15, -0.1) is 0 Å². The van der Waals surface area contributed by atoms with E-state index >= 15 is 0 Å². The van der Waals surface area contributed by atoms with Crippen LogP contribution in [0.5, 0.6) is 0 Å². The lowest BCUT2D eigenvalue weighted by molar-refractivity contribution is 0.579. The van der Waals surface area contributed by atoms with Crippen LogP contribution in [0.2, 0.25) is 0 Å². The van der Waals surface area contributed by atoms with Crippen molar-refractivity contribution in [1.82, 2.24) is 24.5 Å². The van der Waals surface area contributed by atoms with E-state index in [1.165, 1.54) is 0 Å². The zero-order valence-corrected chi connectivity index (χ0v) is 20.1. The number of hydrogen-bond acceptors (Lipinski definition) is 6. The molecule has 0 aliphatic carbocycles. The van der Waals surface area contributed by atoms with Gasteiger partial charge in [0, 0.05) is 47.0 Å². The number of nitrogens with one attached hydrogen (secondary N) is 1. The molecule has 1 N–H and O–H groups in total. The van der Waals surface area contributed by atoms with Crippen LogP contribution < -0.4 is 10.2 Å². The van der Waals surface area contributed by atoms with Crippen LogP contribution in [-0.4, -0.2) is 28.2 Å². The molecule has 9 heteroatoms. The van der Waals surface area contributed by atoms with Gasteiger partial charge in [-0.1, -0.05) is 24.3 Å². The average Bonchev–Trinajstić information content (AvgIpc) is 3.22. The number of benzene rings is 1. The maximum atomic E-state index is 13.5. The molecule has 176 valence electrons. The maximum absolute atomic E-state index is 13.5. The Bertz CT molecular complexity index is 1750. The van der Waals surface area contributed by atoms with Crippen LogP contribution in [0.15, 0.2) is 78.0 Å². The van der Waals surface area contributed by atoms with Crippen LogP contribution in [-0.2, 0) is 29.4 Å². The lowest BCUT2D eigenvalue weighted by Crippen LogP contribution is -2.25. The fourth-order valence-corrected chi connectivity index (χ4v) is 5.11. The Hall–Kier alpha value is -3.95. The highest BCUT2D eigenvalue weighted by molar-refractivity contribution is 7.88. The van der Waals surface area contributed by atoms with Gasteiger partial charge in [0.2, 0.25) is 10.0 Å². The van der Waals surface area contributed by atoms with E-state index in [4.69, 9.17) is 0 Å². The quantitative estimate of drug-likeness (QED) is 0.395. The van der Waals surface area contributed by atoms with Gasteiger partial charge in [0.1, 0.15) is 0 Å². The highest BCUT2D eigenvalue weighted by Gasteiger charge is 2.14. The summed E-state index contributed by atoms with van der Waals surface area (Å²) in [7, 11) is -1.81. The second-order valence-electron chi connectivity index (χ2n) is 8.49. The summed E-state index contributed by atoms with van der Waals surface area (Å²) in [5.41, 5.74) is 4.00. The smallest absolute Gasteiger partial charge is 0.216 e. The van der Waals surface area contributed by atoms with E-state index in [0.29, 0.717) is 32.9 Å². The first kappa shape index (κ1) is 22.8. The molecule has 3 aromatic heterocycles. The number of fused-ring (bicyclic) bond motifs is 2. The van der Waals surface area contributed by atoms with Gasteiger partial charge in [0.25, 0.3) is 0 Å². The molecule has 0 unspecified atom stereocenters. The van der Waals surface area contributed by atoms with Crippen molar-refractivity contribution in [3.05, 3.63) is 100 Å². The largest absolute Gasteiger partial charge is 0.289 e. The molecule has 5 rings (SSSR count). The van der Waals surface area contributed by atoms with Crippen molar-refractivity contribution in [2.75, 3.05) is 0 Å². The van der Waals surface area contributed by atoms with Gasteiger partial charge in [0.05, 0.1) is 29.7 Å². The maximum Gasteiger partial charge on any atom is 0.216 e. The molecule has 0 amide bonds. The standard InChI is InChI=1S/C26H23N5O3S/c1-17-4-3-5-22(30-17)14-29-35(33,34)16-18-6-7-19-8-9-25-24(26(32)23(19)10-18)11-20(12-27-25)21-13-28-31(2)15-21/h3-13,15,29H,14,16H2,1-2H3. The third-order valence-electron chi connectivity index (χ3n) is 5.76. The van der Waals surface area contributed by atoms with Crippen LogP contribution in [0.4, 0.5) is 0 Å². The van der Waals surface area contributed by atoms with Gasteiger partial charge >= 0.3 is 0 Å². The van der Waals surface area contributed by atoms with E-state index < -0.39 is 10.0 Å². The molecule has 0 fully saturated rings. The van der Waals surface area contributed by atoms with Crippen LogP contribution in [0.25, 0.3) is 32.8 Å². The molecule has 0 atom stereocenters. The normalized spacial score (nSPS) is 11.8. The molecule has 0 saturated heterocycles. The SMILES string of the molecule is Cc1cccc(CNS(=O)(=O)Cc2ccc3ccc4ncc(-c5cnn(C)c5)cc4c(=O)c3c2)n1. The number of aromatic nitrogens is 4. The Labute approximate surface area is 202 Å². The highest BCUT2D eigenvalue weighted by Crippen LogP contribution is 2.22. The Morgan fingerprint density at radius 1 is 0.971 bits per heavy atom. The van der Waals surface area contributed by atoms with Gasteiger partial charge in [0.15, 0.2) is 5.43 Å². The molecule has 35 heavy (non-hydrogen) atoms. The summed E-state index contributed by atoms with van der Waals surface area (Å²) >= 11 is 0. The van der Waals surface area contributed by atoms with Gasteiger partial charge < -0.3 is 0 Å². The van der Waals surface area contributed by atoms with E-state index in [1.807, 2.05) is 38.4 Å². The molecular formula is C26H23N5O3S. The second kappa shape index (κ2) is 9.01. The van der Waals surface area contributed by atoms with Gasteiger partial charge in [-0.25, -0.2) is 13.1 Å². The van der Waals surface area contributed by atoms with Gasteiger partial charge in [-0.05, 0) is 48.2 Å². The van der Waals surface area contributed by atoms with Gasteiger partial charge in [-0.2, -0.15) is 5.10 Å². The van der Waals surface area contributed by atoms with E-state index in [9.17, 15) is 13.2 Å². The number of pyridine rings is 2. The average molecular weight is 486 g/mol. The summed E-state index contributed by atoms with van der Waals surface area (Å²) in [5, 5.41) is 5.81. The Kier molecular flexibility index (Phi) is 5.88. The topological polar surface area (TPSA) is 107 Å². The Morgan fingerprint density at radius 2 is 1.80 bits per heavy atom. The third-order valence-corrected chi connectivity index (χ3v) is 7.06. The van der Waals surface area contributed by atoms with Crippen molar-refractivity contribution in [3.8, 4) is 11.1 Å². The molecule has 0 bridgehead atoms. The van der Waals surface area contributed by atoms with E-state index in [1.54, 1.807) is 53.5 Å². The summed E-state index contributed by atoms with van der Waals surface area (Å²) in [6.45, 7) is 1.96. The summed E-state index contributed by atoms with van der Waals surface area (Å²) in [4.78, 5) is 22.3. The fourth-order valence-electron chi connectivity index (χ4n) is 4.02. The lowest BCUT2D eigenvalue weighted by atomic mass is 10.1. The zero-order valence-electron chi connectivity index (χ0n) is 19.3. The van der Waals surface area contributed by atoms with Crippen LogP contribution >= 0.6 is 0 Å². The zero-order chi connectivity index (χ0) is 24.6. The number of hydrogen-bond donors (Lipinski definition) is 1. The number of sulfonamides is 1. The highest BCUT2D eigenvalue weighted by atomic mass is 32.2. The van der Waals surface area contributed by atoms with Crippen molar-refractivity contribution in [3.63, 3.8) is 0 Å². The van der Waals surface area contributed by atoms with Crippen molar-refractivity contribution in [2.45, 2.75) is 19.2 Å².